The number of hydrogen-bond acceptors (Lipinski definition) is 5. The van der Waals surface area contributed by atoms with Gasteiger partial charge in [0.25, 0.3) is 5.91 Å². The lowest BCUT2D eigenvalue weighted by Crippen LogP contribution is -2.58. The van der Waals surface area contributed by atoms with E-state index in [2.05, 4.69) is 39.3 Å². The van der Waals surface area contributed by atoms with Gasteiger partial charge in [-0.05, 0) is 26.0 Å². The fraction of sp³-hybridized carbons (Fsp3) is 0.300. The van der Waals surface area contributed by atoms with Crippen LogP contribution in [0.2, 0.25) is 0 Å². The molecule has 1 amide bonds. The van der Waals surface area contributed by atoms with Crippen molar-refractivity contribution in [2.45, 2.75) is 19.4 Å². The number of nitrogens with zero attached hydrogens (tertiary/aromatic N) is 4. The van der Waals surface area contributed by atoms with Gasteiger partial charge in [0.05, 0.1) is 11.3 Å². The van der Waals surface area contributed by atoms with E-state index in [0.717, 1.165) is 23.4 Å². The lowest BCUT2D eigenvalue weighted by atomic mass is 10.0. The van der Waals surface area contributed by atoms with Crippen LogP contribution in [0.3, 0.4) is 0 Å². The van der Waals surface area contributed by atoms with Crippen LogP contribution in [0, 0.1) is 0 Å². The van der Waals surface area contributed by atoms with Crippen LogP contribution in [0.25, 0.3) is 22.6 Å². The Kier molecular flexibility index (Phi) is 4.45. The molecule has 2 aromatic heterocycles. The molecule has 1 aliphatic heterocycles. The SMILES string of the molecule is CC1(C)CN(C(=O)c2cnc(-c3cccc(-c4ccn[nH]4)c3)nc2)CCN1. The zero-order valence-electron chi connectivity index (χ0n) is 15.4. The van der Waals surface area contributed by atoms with Crippen LogP contribution in [0.1, 0.15) is 24.2 Å². The number of H-pyrrole nitrogens is 1. The molecule has 0 radical (unpaired) electrons. The highest BCUT2D eigenvalue weighted by Crippen LogP contribution is 2.23. The summed E-state index contributed by atoms with van der Waals surface area (Å²) >= 11 is 0. The molecule has 0 bridgehead atoms. The molecule has 0 spiro atoms. The number of amides is 1. The summed E-state index contributed by atoms with van der Waals surface area (Å²) in [5.74, 6) is 0.566. The number of carbonyl (C=O) groups is 1. The van der Waals surface area contributed by atoms with Crippen molar-refractivity contribution >= 4 is 5.91 Å². The Hall–Kier alpha value is -3.06. The van der Waals surface area contributed by atoms with Gasteiger partial charge in [-0.15, -0.1) is 0 Å². The second-order valence-electron chi connectivity index (χ2n) is 7.38. The van der Waals surface area contributed by atoms with Gasteiger partial charge < -0.3 is 10.2 Å². The van der Waals surface area contributed by atoms with E-state index in [4.69, 9.17) is 0 Å². The summed E-state index contributed by atoms with van der Waals surface area (Å²) in [6.07, 6.45) is 4.95. The van der Waals surface area contributed by atoms with E-state index >= 15 is 0 Å². The third-order valence-electron chi connectivity index (χ3n) is 4.69. The second kappa shape index (κ2) is 6.92. The monoisotopic (exact) mass is 362 g/mol. The van der Waals surface area contributed by atoms with Crippen LogP contribution >= 0.6 is 0 Å². The maximum absolute atomic E-state index is 12.8. The molecular weight excluding hydrogens is 340 g/mol. The van der Waals surface area contributed by atoms with Crippen LogP contribution in [0.4, 0.5) is 0 Å². The minimum absolute atomic E-state index is 0.0256. The number of nitrogens with one attached hydrogen (secondary N) is 2. The molecule has 0 unspecified atom stereocenters. The van der Waals surface area contributed by atoms with Gasteiger partial charge in [-0.3, -0.25) is 9.89 Å². The van der Waals surface area contributed by atoms with Gasteiger partial charge in [0.1, 0.15) is 0 Å². The average Bonchev–Trinajstić information content (AvgIpc) is 3.22. The Bertz CT molecular complexity index is 933. The van der Waals surface area contributed by atoms with E-state index in [0.29, 0.717) is 24.5 Å². The number of hydrogen-bond donors (Lipinski definition) is 2. The van der Waals surface area contributed by atoms with Gasteiger partial charge in [0.2, 0.25) is 0 Å². The molecule has 4 rings (SSSR count). The molecule has 1 aromatic carbocycles. The van der Waals surface area contributed by atoms with Crippen LogP contribution < -0.4 is 5.32 Å². The van der Waals surface area contributed by atoms with Crippen molar-refractivity contribution in [3.63, 3.8) is 0 Å². The van der Waals surface area contributed by atoms with E-state index in [9.17, 15) is 4.79 Å². The number of benzene rings is 1. The zero-order chi connectivity index (χ0) is 18.9. The van der Waals surface area contributed by atoms with Crippen molar-refractivity contribution in [3.8, 4) is 22.6 Å². The Morgan fingerprint density at radius 3 is 2.63 bits per heavy atom. The first-order valence-corrected chi connectivity index (χ1v) is 8.98. The van der Waals surface area contributed by atoms with Gasteiger partial charge in [-0.1, -0.05) is 18.2 Å². The van der Waals surface area contributed by atoms with E-state index in [1.54, 1.807) is 18.6 Å². The molecule has 1 aliphatic rings. The van der Waals surface area contributed by atoms with Crippen LogP contribution in [-0.2, 0) is 0 Å². The predicted molar refractivity (Wildman–Crippen MR) is 103 cm³/mol. The number of rotatable bonds is 3. The van der Waals surface area contributed by atoms with Gasteiger partial charge in [0.15, 0.2) is 5.82 Å². The molecule has 3 heterocycles. The smallest absolute Gasteiger partial charge is 0.257 e. The highest BCUT2D eigenvalue weighted by atomic mass is 16.2. The largest absolute Gasteiger partial charge is 0.335 e. The summed E-state index contributed by atoms with van der Waals surface area (Å²) in [5.41, 5.74) is 3.27. The van der Waals surface area contributed by atoms with Crippen LogP contribution in [0.5, 0.6) is 0 Å². The Labute approximate surface area is 157 Å². The fourth-order valence-corrected chi connectivity index (χ4v) is 3.33. The van der Waals surface area contributed by atoms with Gasteiger partial charge in [0, 0.05) is 54.9 Å². The van der Waals surface area contributed by atoms with Crippen LogP contribution in [0.15, 0.2) is 48.9 Å². The molecule has 0 saturated carbocycles. The van der Waals surface area contributed by atoms with E-state index in [1.807, 2.05) is 35.2 Å². The molecule has 0 atom stereocenters. The molecule has 2 N–H and O–H groups in total. The topological polar surface area (TPSA) is 86.8 Å². The molecule has 3 aromatic rings. The molecule has 1 fully saturated rings. The quantitative estimate of drug-likeness (QED) is 0.747. The maximum Gasteiger partial charge on any atom is 0.257 e. The van der Waals surface area contributed by atoms with Crippen molar-refractivity contribution in [1.29, 1.82) is 0 Å². The molecule has 7 nitrogen and oxygen atoms in total. The number of piperazine rings is 1. The summed E-state index contributed by atoms with van der Waals surface area (Å²) in [6.45, 7) is 6.34. The van der Waals surface area contributed by atoms with Gasteiger partial charge >= 0.3 is 0 Å². The molecule has 0 aliphatic carbocycles. The highest BCUT2D eigenvalue weighted by Gasteiger charge is 2.29. The Morgan fingerprint density at radius 1 is 1.15 bits per heavy atom. The van der Waals surface area contributed by atoms with E-state index in [-0.39, 0.29) is 11.4 Å². The summed E-state index contributed by atoms with van der Waals surface area (Å²) < 4.78 is 0. The number of carbonyl (C=O) groups excluding carboxylic acids is 1. The third kappa shape index (κ3) is 3.73. The van der Waals surface area contributed by atoms with Crippen molar-refractivity contribution in [2.75, 3.05) is 19.6 Å². The lowest BCUT2D eigenvalue weighted by molar-refractivity contribution is 0.0651. The Balaban J connectivity index is 1.54. The fourth-order valence-electron chi connectivity index (χ4n) is 3.33. The van der Waals surface area contributed by atoms with E-state index < -0.39 is 0 Å². The first kappa shape index (κ1) is 17.4. The zero-order valence-corrected chi connectivity index (χ0v) is 15.4. The molecular formula is C20H22N6O. The van der Waals surface area contributed by atoms with E-state index in [1.165, 1.54) is 0 Å². The maximum atomic E-state index is 12.8. The molecule has 138 valence electrons. The summed E-state index contributed by atoms with van der Waals surface area (Å²) in [5, 5.41) is 10.3. The lowest BCUT2D eigenvalue weighted by Gasteiger charge is -2.39. The first-order valence-electron chi connectivity index (χ1n) is 8.98. The summed E-state index contributed by atoms with van der Waals surface area (Å²) in [6, 6.07) is 9.83. The highest BCUT2D eigenvalue weighted by molar-refractivity contribution is 5.94. The van der Waals surface area contributed by atoms with Crippen molar-refractivity contribution in [3.05, 3.63) is 54.5 Å². The summed E-state index contributed by atoms with van der Waals surface area (Å²) in [7, 11) is 0. The standard InChI is InChI=1S/C20H22N6O/c1-20(2)13-26(9-8-23-20)19(27)16-11-21-18(22-12-16)15-5-3-4-14(10-15)17-6-7-24-25-17/h3-7,10-12,23H,8-9,13H2,1-2H3,(H,24,25). The van der Waals surface area contributed by atoms with Crippen LogP contribution in [-0.4, -0.2) is 56.1 Å². The predicted octanol–water partition coefficient (Wildman–Crippen LogP) is 2.36. The Morgan fingerprint density at radius 2 is 1.93 bits per heavy atom. The second-order valence-corrected chi connectivity index (χ2v) is 7.38. The van der Waals surface area contributed by atoms with Gasteiger partial charge in [-0.25, -0.2) is 9.97 Å². The minimum atomic E-state index is -0.0815. The van der Waals surface area contributed by atoms with Crippen molar-refractivity contribution in [1.82, 2.24) is 30.4 Å². The summed E-state index contributed by atoms with van der Waals surface area (Å²) in [4.78, 5) is 23.5. The van der Waals surface area contributed by atoms with Crippen molar-refractivity contribution in [2.24, 2.45) is 0 Å². The molecule has 27 heavy (non-hydrogen) atoms. The average molecular weight is 362 g/mol. The molecule has 7 heteroatoms. The third-order valence-corrected chi connectivity index (χ3v) is 4.69. The minimum Gasteiger partial charge on any atom is -0.335 e. The number of aromatic amines is 1. The first-order chi connectivity index (χ1) is 13.0. The van der Waals surface area contributed by atoms with Gasteiger partial charge in [-0.2, -0.15) is 5.10 Å². The molecule has 1 saturated heterocycles. The van der Waals surface area contributed by atoms with Crippen molar-refractivity contribution < 1.29 is 4.79 Å². The number of aromatic nitrogens is 4. The normalized spacial score (nSPS) is 16.3.